The average Bonchev–Trinajstić information content (AvgIpc) is 3.22. The summed E-state index contributed by atoms with van der Waals surface area (Å²) in [5.41, 5.74) is -1.85. The SMILES string of the molecule is CCCCC/C=C\C/C=C\CCCCCCC(C(=O)O)(C(=O)CCCCCCCCCCCCCCCCC)C(=O)CCCCCCCCCCCCCCCCC. The Kier molecular flexibility index (Phi) is 43.5. The van der Waals surface area contributed by atoms with Gasteiger partial charge in [0.2, 0.25) is 0 Å². The highest BCUT2D eigenvalue weighted by Gasteiger charge is 2.50. The molecule has 0 unspecified atom stereocenters. The number of carboxylic acids is 1. The van der Waals surface area contributed by atoms with Gasteiger partial charge in [0, 0.05) is 12.8 Å². The highest BCUT2D eigenvalue weighted by molar-refractivity contribution is 6.21. The first-order valence-electron chi connectivity index (χ1n) is 26.1. The van der Waals surface area contributed by atoms with E-state index in [9.17, 15) is 19.5 Å². The van der Waals surface area contributed by atoms with Gasteiger partial charge in [0.05, 0.1) is 0 Å². The van der Waals surface area contributed by atoms with Gasteiger partial charge in [-0.05, 0) is 51.4 Å². The number of carbonyl (C=O) groups excluding carboxylic acids is 2. The largest absolute Gasteiger partial charge is 0.480 e. The second-order valence-electron chi connectivity index (χ2n) is 18.1. The Morgan fingerprint density at radius 2 is 0.603 bits per heavy atom. The first-order chi connectivity index (χ1) is 28.5. The van der Waals surface area contributed by atoms with Gasteiger partial charge in [-0.15, -0.1) is 0 Å². The normalized spacial score (nSPS) is 12.1. The highest BCUT2D eigenvalue weighted by atomic mass is 16.4. The number of rotatable bonds is 48. The molecule has 0 aromatic carbocycles. The third-order valence-corrected chi connectivity index (χ3v) is 12.6. The first-order valence-corrected chi connectivity index (χ1v) is 26.1. The number of aliphatic carboxylic acids is 1. The Balaban J connectivity index is 4.68. The third kappa shape index (κ3) is 34.0. The molecule has 0 atom stereocenters. The van der Waals surface area contributed by atoms with Crippen molar-refractivity contribution >= 4 is 17.5 Å². The van der Waals surface area contributed by atoms with Crippen LogP contribution in [0.4, 0.5) is 0 Å². The Bertz CT molecular complexity index is 918. The van der Waals surface area contributed by atoms with Crippen LogP contribution in [-0.2, 0) is 14.4 Å². The van der Waals surface area contributed by atoms with Crippen molar-refractivity contribution in [1.82, 2.24) is 0 Å². The molecule has 0 aliphatic carbocycles. The molecule has 0 heterocycles. The smallest absolute Gasteiger partial charge is 0.324 e. The van der Waals surface area contributed by atoms with Gasteiger partial charge >= 0.3 is 5.97 Å². The molecule has 0 saturated heterocycles. The van der Waals surface area contributed by atoms with E-state index in [4.69, 9.17) is 0 Å². The second kappa shape index (κ2) is 44.8. The molecule has 0 spiro atoms. The molecule has 0 fully saturated rings. The molecule has 0 radical (unpaired) electrons. The van der Waals surface area contributed by atoms with Crippen LogP contribution in [0.3, 0.4) is 0 Å². The Hall–Kier alpha value is -1.71. The Morgan fingerprint density at radius 1 is 0.345 bits per heavy atom. The quantitative estimate of drug-likeness (QED) is 0.0377. The van der Waals surface area contributed by atoms with Gasteiger partial charge in [-0.1, -0.05) is 257 Å². The molecule has 0 aliphatic heterocycles. The number of unbranched alkanes of at least 4 members (excludes halogenated alkanes) is 35. The van der Waals surface area contributed by atoms with Gasteiger partial charge in [0.1, 0.15) is 0 Å². The van der Waals surface area contributed by atoms with Crippen molar-refractivity contribution in [1.29, 1.82) is 0 Å². The second-order valence-corrected chi connectivity index (χ2v) is 18.1. The van der Waals surface area contributed by atoms with Crippen molar-refractivity contribution in [3.8, 4) is 0 Å². The lowest BCUT2D eigenvalue weighted by molar-refractivity contribution is -0.160. The van der Waals surface area contributed by atoms with Crippen LogP contribution >= 0.6 is 0 Å². The van der Waals surface area contributed by atoms with Gasteiger partial charge in [-0.2, -0.15) is 0 Å². The maximum absolute atomic E-state index is 13.8. The average molecular weight is 813 g/mol. The van der Waals surface area contributed by atoms with Crippen LogP contribution in [-0.4, -0.2) is 22.6 Å². The molecule has 1 N–H and O–H groups in total. The number of Topliss-reactive ketones (excluding diaryl/α,β-unsaturated/α-hetero) is 2. The van der Waals surface area contributed by atoms with Crippen LogP contribution in [0.1, 0.15) is 297 Å². The summed E-state index contributed by atoms with van der Waals surface area (Å²) in [7, 11) is 0. The molecule has 58 heavy (non-hydrogen) atoms. The van der Waals surface area contributed by atoms with Crippen LogP contribution in [0.25, 0.3) is 0 Å². The molecule has 4 nitrogen and oxygen atoms in total. The minimum Gasteiger partial charge on any atom is -0.480 e. The standard InChI is InChI=1S/C54H100O4/c1-4-7-10-13-16-19-22-25-28-30-33-36-39-42-45-48-51(55)54(53(57)58,50-47-44-41-38-35-32-27-24-21-18-15-12-9-6-3)52(56)49-46-43-40-37-34-31-29-26-23-20-17-14-11-8-5-2/h18,21,27,32H,4-17,19-20,22-26,28-31,33-50H2,1-3H3,(H,57,58)/b21-18-,32-27-. The minimum atomic E-state index is -1.85. The summed E-state index contributed by atoms with van der Waals surface area (Å²) in [6.45, 7) is 6.78. The van der Waals surface area contributed by atoms with Gasteiger partial charge in [0.15, 0.2) is 17.0 Å². The number of hydrogen-bond donors (Lipinski definition) is 1. The molecular weight excluding hydrogens is 713 g/mol. The van der Waals surface area contributed by atoms with E-state index in [1.165, 1.54) is 180 Å². The van der Waals surface area contributed by atoms with Crippen LogP contribution in [0, 0.1) is 5.41 Å². The zero-order valence-electron chi connectivity index (χ0n) is 39.4. The summed E-state index contributed by atoms with van der Waals surface area (Å²) >= 11 is 0. The number of carboxylic acid groups (broad SMARTS) is 1. The first kappa shape index (κ1) is 56.3. The van der Waals surface area contributed by atoms with Crippen LogP contribution in [0.2, 0.25) is 0 Å². The van der Waals surface area contributed by atoms with Crippen molar-refractivity contribution in [2.24, 2.45) is 5.41 Å². The van der Waals surface area contributed by atoms with Crippen LogP contribution in [0.5, 0.6) is 0 Å². The Morgan fingerprint density at radius 3 is 0.931 bits per heavy atom. The molecule has 4 heteroatoms. The zero-order chi connectivity index (χ0) is 42.5. The minimum absolute atomic E-state index is 0.163. The van der Waals surface area contributed by atoms with E-state index in [2.05, 4.69) is 45.1 Å². The Labute approximate surface area is 362 Å². The fraction of sp³-hybridized carbons (Fsp3) is 0.870. The van der Waals surface area contributed by atoms with Gasteiger partial charge in [-0.3, -0.25) is 14.4 Å². The van der Waals surface area contributed by atoms with E-state index in [1.807, 2.05) is 0 Å². The highest BCUT2D eigenvalue weighted by Crippen LogP contribution is 2.33. The summed E-state index contributed by atoms with van der Waals surface area (Å²) in [4.78, 5) is 40.5. The predicted molar refractivity (Wildman–Crippen MR) is 254 cm³/mol. The molecular formula is C54H100O4. The summed E-state index contributed by atoms with van der Waals surface area (Å²) in [6.07, 6.45) is 57.6. The van der Waals surface area contributed by atoms with E-state index in [1.54, 1.807) is 0 Å². The summed E-state index contributed by atoms with van der Waals surface area (Å²) in [6, 6.07) is 0. The molecule has 0 saturated carbocycles. The zero-order valence-corrected chi connectivity index (χ0v) is 39.4. The van der Waals surface area contributed by atoms with Crippen LogP contribution in [0.15, 0.2) is 24.3 Å². The van der Waals surface area contributed by atoms with E-state index < -0.39 is 11.4 Å². The lowest BCUT2D eigenvalue weighted by Crippen LogP contribution is -2.46. The maximum Gasteiger partial charge on any atom is 0.324 e. The third-order valence-electron chi connectivity index (χ3n) is 12.6. The molecule has 0 amide bonds. The van der Waals surface area contributed by atoms with E-state index in [-0.39, 0.29) is 30.8 Å². The van der Waals surface area contributed by atoms with Crippen molar-refractivity contribution in [3.63, 3.8) is 0 Å². The summed E-state index contributed by atoms with van der Waals surface area (Å²) in [5.74, 6) is -1.85. The van der Waals surface area contributed by atoms with Crippen molar-refractivity contribution < 1.29 is 19.5 Å². The number of ketones is 2. The van der Waals surface area contributed by atoms with Crippen molar-refractivity contribution in [3.05, 3.63) is 24.3 Å². The molecule has 0 aromatic rings. The lowest BCUT2D eigenvalue weighted by atomic mass is 9.72. The molecule has 0 bridgehead atoms. The monoisotopic (exact) mass is 813 g/mol. The van der Waals surface area contributed by atoms with Crippen LogP contribution < -0.4 is 0 Å². The topological polar surface area (TPSA) is 71.4 Å². The fourth-order valence-electron chi connectivity index (χ4n) is 8.55. The maximum atomic E-state index is 13.8. The molecule has 340 valence electrons. The number of hydrogen-bond acceptors (Lipinski definition) is 3. The van der Waals surface area contributed by atoms with Gasteiger partial charge in [0.25, 0.3) is 0 Å². The van der Waals surface area contributed by atoms with E-state index in [0.29, 0.717) is 19.3 Å². The lowest BCUT2D eigenvalue weighted by Gasteiger charge is -2.27. The molecule has 0 aromatic heterocycles. The van der Waals surface area contributed by atoms with Crippen molar-refractivity contribution in [2.75, 3.05) is 0 Å². The predicted octanol–water partition coefficient (Wildman–Crippen LogP) is 18.1. The van der Waals surface area contributed by atoms with Crippen molar-refractivity contribution in [2.45, 2.75) is 297 Å². The fourth-order valence-corrected chi connectivity index (χ4v) is 8.55. The van der Waals surface area contributed by atoms with Gasteiger partial charge < -0.3 is 5.11 Å². The van der Waals surface area contributed by atoms with Gasteiger partial charge in [-0.25, -0.2) is 0 Å². The number of carbonyl (C=O) groups is 3. The van der Waals surface area contributed by atoms with E-state index in [0.717, 1.165) is 57.8 Å². The summed E-state index contributed by atoms with van der Waals surface area (Å²) in [5, 5.41) is 10.6. The molecule has 0 aliphatic rings. The van der Waals surface area contributed by atoms with E-state index >= 15 is 0 Å². The summed E-state index contributed by atoms with van der Waals surface area (Å²) < 4.78 is 0. The number of allylic oxidation sites excluding steroid dienone is 4. The molecule has 0 rings (SSSR count).